The lowest BCUT2D eigenvalue weighted by Crippen LogP contribution is -2.30. The van der Waals surface area contributed by atoms with Gasteiger partial charge in [-0.25, -0.2) is 0 Å². The molecule has 3 nitrogen and oxygen atoms in total. The van der Waals surface area contributed by atoms with Crippen LogP contribution in [0.3, 0.4) is 0 Å². The van der Waals surface area contributed by atoms with Gasteiger partial charge in [0, 0.05) is 12.6 Å². The van der Waals surface area contributed by atoms with E-state index in [1.807, 2.05) is 32.9 Å². The summed E-state index contributed by atoms with van der Waals surface area (Å²) in [5.41, 5.74) is 0.747. The van der Waals surface area contributed by atoms with Crippen molar-refractivity contribution in [3.63, 3.8) is 0 Å². The number of benzene rings is 1. The molecule has 0 bridgehead atoms. The molecule has 1 aromatic carbocycles. The quantitative estimate of drug-likeness (QED) is 0.816. The largest absolute Gasteiger partial charge is 0.508 e. The highest BCUT2D eigenvalue weighted by molar-refractivity contribution is 5.27. The van der Waals surface area contributed by atoms with Gasteiger partial charge in [-0.05, 0) is 38.5 Å². The average molecular weight is 218 g/mol. The van der Waals surface area contributed by atoms with Crippen molar-refractivity contribution in [3.05, 3.63) is 29.8 Å². The van der Waals surface area contributed by atoms with Crippen LogP contribution in [0.2, 0.25) is 0 Å². The molecule has 16 heavy (non-hydrogen) atoms. The van der Waals surface area contributed by atoms with Gasteiger partial charge in [-0.2, -0.15) is 5.26 Å². The zero-order valence-corrected chi connectivity index (χ0v) is 9.99. The first-order chi connectivity index (χ1) is 7.44. The molecule has 0 aliphatic rings. The van der Waals surface area contributed by atoms with Gasteiger partial charge in [0.1, 0.15) is 5.75 Å². The number of nitrogens with one attached hydrogen (secondary N) is 1. The smallest absolute Gasteiger partial charge is 0.115 e. The summed E-state index contributed by atoms with van der Waals surface area (Å²) in [6, 6.07) is 9.53. The van der Waals surface area contributed by atoms with Crippen molar-refractivity contribution in [2.45, 2.75) is 26.8 Å². The highest BCUT2D eigenvalue weighted by atomic mass is 16.3. The van der Waals surface area contributed by atoms with Crippen molar-refractivity contribution >= 4 is 0 Å². The van der Waals surface area contributed by atoms with Crippen LogP contribution in [0.4, 0.5) is 0 Å². The third-order valence-corrected chi connectivity index (χ3v) is 2.55. The van der Waals surface area contributed by atoms with E-state index in [1.54, 1.807) is 12.1 Å². The van der Waals surface area contributed by atoms with Crippen molar-refractivity contribution < 1.29 is 5.11 Å². The molecular formula is C13H18N2O. The maximum atomic E-state index is 9.17. The van der Waals surface area contributed by atoms with E-state index in [1.165, 1.54) is 0 Å². The Bertz CT molecular complexity index is 376. The minimum atomic E-state index is -0.356. The van der Waals surface area contributed by atoms with E-state index in [4.69, 9.17) is 5.26 Å². The van der Waals surface area contributed by atoms with E-state index in [-0.39, 0.29) is 17.2 Å². The molecule has 0 heterocycles. The van der Waals surface area contributed by atoms with Crippen molar-refractivity contribution in [2.24, 2.45) is 5.41 Å². The SMILES string of the molecule is CC(NCC(C)(C)C#N)c1ccc(O)cc1. The Kier molecular flexibility index (Phi) is 3.92. The van der Waals surface area contributed by atoms with E-state index >= 15 is 0 Å². The summed E-state index contributed by atoms with van der Waals surface area (Å²) in [6.07, 6.45) is 0. The van der Waals surface area contributed by atoms with E-state index in [9.17, 15) is 5.11 Å². The van der Waals surface area contributed by atoms with Crippen LogP contribution >= 0.6 is 0 Å². The number of phenolic OH excluding ortho intramolecular Hbond substituents is 1. The molecular weight excluding hydrogens is 200 g/mol. The predicted molar refractivity (Wildman–Crippen MR) is 63.9 cm³/mol. The van der Waals surface area contributed by atoms with Crippen LogP contribution in [0.15, 0.2) is 24.3 Å². The van der Waals surface area contributed by atoms with Gasteiger partial charge in [0.2, 0.25) is 0 Å². The monoisotopic (exact) mass is 218 g/mol. The molecule has 2 N–H and O–H groups in total. The maximum Gasteiger partial charge on any atom is 0.115 e. The molecule has 0 amide bonds. The fourth-order valence-electron chi connectivity index (χ4n) is 1.33. The van der Waals surface area contributed by atoms with Gasteiger partial charge < -0.3 is 10.4 Å². The second-order valence-corrected chi connectivity index (χ2v) is 4.69. The Morgan fingerprint density at radius 1 is 1.38 bits per heavy atom. The molecule has 0 aliphatic heterocycles. The Hall–Kier alpha value is -1.53. The number of nitriles is 1. The van der Waals surface area contributed by atoms with E-state index in [0.29, 0.717) is 6.54 Å². The fourth-order valence-corrected chi connectivity index (χ4v) is 1.33. The van der Waals surface area contributed by atoms with Gasteiger partial charge in [-0.15, -0.1) is 0 Å². The molecule has 1 atom stereocenters. The molecule has 1 rings (SSSR count). The molecule has 3 heteroatoms. The highest BCUT2D eigenvalue weighted by Gasteiger charge is 2.17. The first kappa shape index (κ1) is 12.5. The zero-order chi connectivity index (χ0) is 12.2. The van der Waals surface area contributed by atoms with Crippen molar-refractivity contribution in [1.82, 2.24) is 5.32 Å². The van der Waals surface area contributed by atoms with E-state index < -0.39 is 0 Å². The molecule has 0 saturated carbocycles. The van der Waals surface area contributed by atoms with Gasteiger partial charge in [-0.1, -0.05) is 12.1 Å². The van der Waals surface area contributed by atoms with Crippen LogP contribution in [0, 0.1) is 16.7 Å². The van der Waals surface area contributed by atoms with Gasteiger partial charge in [-0.3, -0.25) is 0 Å². The van der Waals surface area contributed by atoms with Crippen molar-refractivity contribution in [3.8, 4) is 11.8 Å². The summed E-state index contributed by atoms with van der Waals surface area (Å²) in [4.78, 5) is 0. The summed E-state index contributed by atoms with van der Waals surface area (Å²) in [5, 5.41) is 21.4. The summed E-state index contributed by atoms with van der Waals surface area (Å²) >= 11 is 0. The number of phenols is 1. The Morgan fingerprint density at radius 2 is 1.94 bits per heavy atom. The van der Waals surface area contributed by atoms with Crippen LogP contribution in [0.25, 0.3) is 0 Å². The molecule has 1 unspecified atom stereocenters. The first-order valence-electron chi connectivity index (χ1n) is 5.38. The van der Waals surface area contributed by atoms with Gasteiger partial charge >= 0.3 is 0 Å². The number of rotatable bonds is 4. The third kappa shape index (κ3) is 3.56. The van der Waals surface area contributed by atoms with Crippen LogP contribution in [-0.4, -0.2) is 11.7 Å². The van der Waals surface area contributed by atoms with E-state index in [2.05, 4.69) is 11.4 Å². The molecule has 0 radical (unpaired) electrons. The van der Waals surface area contributed by atoms with Crippen LogP contribution < -0.4 is 5.32 Å². The van der Waals surface area contributed by atoms with Gasteiger partial charge in [0.05, 0.1) is 11.5 Å². The third-order valence-electron chi connectivity index (χ3n) is 2.55. The number of aromatic hydroxyl groups is 1. The van der Waals surface area contributed by atoms with Crippen molar-refractivity contribution in [1.29, 1.82) is 5.26 Å². The normalized spacial score (nSPS) is 13.1. The first-order valence-corrected chi connectivity index (χ1v) is 5.38. The Labute approximate surface area is 96.7 Å². The number of nitrogens with zero attached hydrogens (tertiary/aromatic N) is 1. The molecule has 1 aromatic rings. The summed E-state index contributed by atoms with van der Waals surface area (Å²) in [5.74, 6) is 0.272. The molecule has 0 aromatic heterocycles. The Balaban J connectivity index is 2.57. The lowest BCUT2D eigenvalue weighted by atomic mass is 9.95. The fraction of sp³-hybridized carbons (Fsp3) is 0.462. The standard InChI is InChI=1S/C13H18N2O/c1-10(15-9-13(2,3)8-14)11-4-6-12(16)7-5-11/h4-7,10,15-16H,9H2,1-3H3. The topological polar surface area (TPSA) is 56.0 Å². The lowest BCUT2D eigenvalue weighted by molar-refractivity contribution is 0.415. The molecule has 0 aliphatic carbocycles. The summed E-state index contributed by atoms with van der Waals surface area (Å²) in [6.45, 7) is 6.50. The minimum absolute atomic E-state index is 0.174. The zero-order valence-electron chi connectivity index (χ0n) is 9.99. The molecule has 0 saturated heterocycles. The predicted octanol–water partition coefficient (Wildman–Crippen LogP) is 2.59. The number of hydrogen-bond donors (Lipinski definition) is 2. The molecule has 0 fully saturated rings. The average Bonchev–Trinajstić information content (AvgIpc) is 2.27. The minimum Gasteiger partial charge on any atom is -0.508 e. The molecule has 86 valence electrons. The summed E-state index contributed by atoms with van der Waals surface area (Å²) in [7, 11) is 0. The Morgan fingerprint density at radius 3 is 2.44 bits per heavy atom. The van der Waals surface area contributed by atoms with Crippen LogP contribution in [-0.2, 0) is 0 Å². The van der Waals surface area contributed by atoms with E-state index in [0.717, 1.165) is 5.56 Å². The van der Waals surface area contributed by atoms with Crippen LogP contribution in [0.1, 0.15) is 32.4 Å². The van der Waals surface area contributed by atoms with Crippen molar-refractivity contribution in [2.75, 3.05) is 6.54 Å². The van der Waals surface area contributed by atoms with Crippen LogP contribution in [0.5, 0.6) is 5.75 Å². The molecule has 0 spiro atoms. The maximum absolute atomic E-state index is 9.17. The van der Waals surface area contributed by atoms with Gasteiger partial charge in [0.25, 0.3) is 0 Å². The lowest BCUT2D eigenvalue weighted by Gasteiger charge is -2.20. The second-order valence-electron chi connectivity index (χ2n) is 4.69. The second kappa shape index (κ2) is 5.00. The summed E-state index contributed by atoms with van der Waals surface area (Å²) < 4.78 is 0. The number of hydrogen-bond acceptors (Lipinski definition) is 3. The van der Waals surface area contributed by atoms with Gasteiger partial charge in [0.15, 0.2) is 0 Å². The highest BCUT2D eigenvalue weighted by Crippen LogP contribution is 2.18.